The molecule has 0 saturated carbocycles. The number of hydrogen-bond acceptors (Lipinski definition) is 6. The summed E-state index contributed by atoms with van der Waals surface area (Å²) in [6.07, 6.45) is 38.9. The van der Waals surface area contributed by atoms with E-state index in [4.69, 9.17) is 19.3 Å². The van der Waals surface area contributed by atoms with Crippen molar-refractivity contribution in [3.63, 3.8) is 0 Å². The molecule has 0 aliphatic heterocycles. The average Bonchev–Trinajstić information content (AvgIpc) is 3.05. The first-order valence-corrected chi connectivity index (χ1v) is 21.2. The third-order valence-electron chi connectivity index (χ3n) is 8.44. The van der Waals surface area contributed by atoms with Crippen LogP contribution in [0.4, 0.5) is 0 Å². The molecular weight excluding hydrogens is 627 g/mol. The van der Waals surface area contributed by atoms with Gasteiger partial charge < -0.3 is 19.3 Å². The molecule has 0 amide bonds. The molecule has 8 nitrogen and oxygen atoms in total. The van der Waals surface area contributed by atoms with E-state index >= 15 is 0 Å². The van der Waals surface area contributed by atoms with Gasteiger partial charge >= 0.3 is 19.8 Å². The molecule has 0 heterocycles. The Morgan fingerprint density at radius 1 is 0.521 bits per heavy atom. The molecule has 1 atom stereocenters. The average molecular weight is 701 g/mol. The molecule has 0 aliphatic rings. The number of hydrogen-bond donors (Lipinski definition) is 2. The van der Waals surface area contributed by atoms with Crippen LogP contribution in [0.2, 0.25) is 0 Å². The lowest BCUT2D eigenvalue weighted by Gasteiger charge is -2.18. The topological polar surface area (TPSA) is 119 Å². The SMILES string of the molecule is CCCCCC/C=C/CCCCCCCCCCCC(=O)O[C@H](COC(=O)CCCCCCC/C=C/CCCCCC)COP(=O)(O)O. The Labute approximate surface area is 294 Å². The number of rotatable bonds is 36. The fraction of sp³-hybridized carbons (Fsp3) is 0.846. The molecule has 9 heteroatoms. The predicted octanol–water partition coefficient (Wildman–Crippen LogP) is 11.6. The third kappa shape index (κ3) is 37.4. The maximum atomic E-state index is 12.4. The Morgan fingerprint density at radius 3 is 1.27 bits per heavy atom. The Morgan fingerprint density at radius 2 is 0.875 bits per heavy atom. The maximum Gasteiger partial charge on any atom is 0.469 e. The van der Waals surface area contributed by atoms with Crippen molar-refractivity contribution in [3.05, 3.63) is 24.3 Å². The van der Waals surface area contributed by atoms with E-state index in [0.29, 0.717) is 12.8 Å². The summed E-state index contributed by atoms with van der Waals surface area (Å²) >= 11 is 0. The first-order valence-electron chi connectivity index (χ1n) is 19.6. The lowest BCUT2D eigenvalue weighted by Crippen LogP contribution is -2.29. The minimum atomic E-state index is -4.75. The van der Waals surface area contributed by atoms with Crippen LogP contribution in [0.5, 0.6) is 0 Å². The smallest absolute Gasteiger partial charge is 0.462 e. The van der Waals surface area contributed by atoms with Crippen LogP contribution in [0, 0.1) is 0 Å². The highest BCUT2D eigenvalue weighted by Crippen LogP contribution is 2.36. The van der Waals surface area contributed by atoms with Crippen molar-refractivity contribution in [1.82, 2.24) is 0 Å². The number of unbranched alkanes of at least 4 members (excludes halogenated alkanes) is 22. The Bertz CT molecular complexity index is 838. The zero-order valence-corrected chi connectivity index (χ0v) is 31.8. The molecule has 0 saturated heterocycles. The van der Waals surface area contributed by atoms with Crippen LogP contribution in [0.1, 0.15) is 194 Å². The molecule has 0 spiro atoms. The molecular formula is C39H73O8P. The summed E-state index contributed by atoms with van der Waals surface area (Å²) in [5.74, 6) is -0.894. The van der Waals surface area contributed by atoms with Crippen LogP contribution in [0.3, 0.4) is 0 Å². The van der Waals surface area contributed by atoms with Crippen molar-refractivity contribution in [1.29, 1.82) is 0 Å². The maximum absolute atomic E-state index is 12.4. The molecule has 48 heavy (non-hydrogen) atoms. The van der Waals surface area contributed by atoms with E-state index in [2.05, 4.69) is 42.7 Å². The highest BCUT2D eigenvalue weighted by atomic mass is 31.2. The number of phosphoric ester groups is 1. The van der Waals surface area contributed by atoms with E-state index in [1.54, 1.807) is 0 Å². The van der Waals surface area contributed by atoms with E-state index in [-0.39, 0.29) is 19.4 Å². The lowest BCUT2D eigenvalue weighted by molar-refractivity contribution is -0.161. The summed E-state index contributed by atoms with van der Waals surface area (Å²) in [7, 11) is -4.75. The molecule has 0 fully saturated rings. The second-order valence-electron chi connectivity index (χ2n) is 13.2. The molecule has 0 rings (SSSR count). The van der Waals surface area contributed by atoms with Gasteiger partial charge in [-0.3, -0.25) is 14.1 Å². The predicted molar refractivity (Wildman–Crippen MR) is 198 cm³/mol. The molecule has 0 unspecified atom stereocenters. The Hall–Kier alpha value is -1.47. The van der Waals surface area contributed by atoms with Gasteiger partial charge in [0, 0.05) is 12.8 Å². The van der Waals surface area contributed by atoms with Gasteiger partial charge in [-0.25, -0.2) is 4.57 Å². The summed E-state index contributed by atoms with van der Waals surface area (Å²) in [6, 6.07) is 0. The fourth-order valence-electron chi connectivity index (χ4n) is 5.48. The van der Waals surface area contributed by atoms with E-state index in [9.17, 15) is 14.2 Å². The first kappa shape index (κ1) is 46.5. The molecule has 0 bridgehead atoms. The van der Waals surface area contributed by atoms with E-state index in [0.717, 1.165) is 51.4 Å². The summed E-state index contributed by atoms with van der Waals surface area (Å²) in [4.78, 5) is 42.7. The second kappa shape index (κ2) is 35.4. The zero-order valence-electron chi connectivity index (χ0n) is 30.9. The molecule has 0 radical (unpaired) electrons. The van der Waals surface area contributed by atoms with Gasteiger partial charge in [0.1, 0.15) is 6.61 Å². The Balaban J connectivity index is 3.94. The summed E-state index contributed by atoms with van der Waals surface area (Å²) in [5.41, 5.74) is 0. The van der Waals surface area contributed by atoms with Crippen molar-refractivity contribution in [2.75, 3.05) is 13.2 Å². The molecule has 282 valence electrons. The van der Waals surface area contributed by atoms with Crippen LogP contribution < -0.4 is 0 Å². The van der Waals surface area contributed by atoms with Crippen LogP contribution in [0.15, 0.2) is 24.3 Å². The minimum absolute atomic E-state index is 0.210. The number of carbonyl (C=O) groups is 2. The zero-order chi connectivity index (χ0) is 35.4. The van der Waals surface area contributed by atoms with Gasteiger partial charge in [0.05, 0.1) is 6.61 Å². The molecule has 0 aliphatic carbocycles. The van der Waals surface area contributed by atoms with Gasteiger partial charge in [0.15, 0.2) is 6.10 Å². The largest absolute Gasteiger partial charge is 0.469 e. The molecule has 0 aromatic rings. The highest BCUT2D eigenvalue weighted by Gasteiger charge is 2.22. The minimum Gasteiger partial charge on any atom is -0.462 e. The summed E-state index contributed by atoms with van der Waals surface area (Å²) in [6.45, 7) is 3.65. The lowest BCUT2D eigenvalue weighted by atomic mass is 10.1. The molecule has 2 N–H and O–H groups in total. The first-order chi connectivity index (χ1) is 23.3. The van der Waals surface area contributed by atoms with Crippen molar-refractivity contribution in [3.8, 4) is 0 Å². The molecule has 0 aromatic carbocycles. The van der Waals surface area contributed by atoms with Gasteiger partial charge in [-0.15, -0.1) is 0 Å². The van der Waals surface area contributed by atoms with Crippen LogP contribution in [-0.4, -0.2) is 41.0 Å². The van der Waals surface area contributed by atoms with Gasteiger partial charge in [0.2, 0.25) is 0 Å². The summed E-state index contributed by atoms with van der Waals surface area (Å²) in [5, 5.41) is 0. The van der Waals surface area contributed by atoms with Crippen molar-refractivity contribution >= 4 is 19.8 Å². The van der Waals surface area contributed by atoms with Crippen LogP contribution in [-0.2, 0) is 28.2 Å². The molecule has 0 aromatic heterocycles. The standard InChI is InChI=1S/C39H73O8P/c1-3-5-7-9-11-13-15-17-18-19-20-22-24-26-28-30-32-34-39(41)47-37(36-46-48(42,43)44)35-45-38(40)33-31-29-27-25-23-21-16-14-12-10-8-6-4-2/h13-16,37H,3-12,17-36H2,1-2H3,(H2,42,43,44)/b15-13+,16-14+/t37-/m1/s1. The third-order valence-corrected chi connectivity index (χ3v) is 8.93. The van der Waals surface area contributed by atoms with Crippen molar-refractivity contribution < 1.29 is 37.9 Å². The second-order valence-corrected chi connectivity index (χ2v) is 14.5. The number of phosphoric acid groups is 1. The number of ether oxygens (including phenoxy) is 2. The van der Waals surface area contributed by atoms with Crippen LogP contribution >= 0.6 is 7.82 Å². The number of allylic oxidation sites excluding steroid dienone is 4. The number of carbonyl (C=O) groups excluding carboxylic acids is 2. The van der Waals surface area contributed by atoms with Crippen LogP contribution in [0.25, 0.3) is 0 Å². The van der Waals surface area contributed by atoms with Gasteiger partial charge in [-0.2, -0.15) is 0 Å². The normalized spacial score (nSPS) is 12.7. The van der Waals surface area contributed by atoms with Crippen molar-refractivity contribution in [2.45, 2.75) is 200 Å². The fourth-order valence-corrected chi connectivity index (χ4v) is 5.84. The van der Waals surface area contributed by atoms with Gasteiger partial charge in [-0.05, 0) is 64.2 Å². The van der Waals surface area contributed by atoms with E-state index in [1.807, 2.05) is 0 Å². The Kier molecular flexibility index (Phi) is 34.3. The van der Waals surface area contributed by atoms with Gasteiger partial charge in [-0.1, -0.05) is 141 Å². The highest BCUT2D eigenvalue weighted by molar-refractivity contribution is 7.46. The van der Waals surface area contributed by atoms with Gasteiger partial charge in [0.25, 0.3) is 0 Å². The monoisotopic (exact) mass is 701 g/mol. The van der Waals surface area contributed by atoms with E-state index < -0.39 is 32.5 Å². The summed E-state index contributed by atoms with van der Waals surface area (Å²) < 4.78 is 26.3. The van der Waals surface area contributed by atoms with Crippen molar-refractivity contribution in [2.24, 2.45) is 0 Å². The number of esters is 2. The van der Waals surface area contributed by atoms with E-state index in [1.165, 1.54) is 103 Å². The quantitative estimate of drug-likeness (QED) is 0.0287.